The second-order valence-corrected chi connectivity index (χ2v) is 13.6. The van der Waals surface area contributed by atoms with Crippen LogP contribution in [0.4, 0.5) is 28.4 Å². The van der Waals surface area contributed by atoms with Gasteiger partial charge in [0.1, 0.15) is 0 Å². The Balaban J connectivity index is 0.987. The van der Waals surface area contributed by atoms with Crippen molar-refractivity contribution in [2.75, 3.05) is 16.3 Å². The van der Waals surface area contributed by atoms with E-state index in [1.807, 2.05) is 6.20 Å². The molecule has 3 nitrogen and oxygen atoms in total. The zero-order valence-electron chi connectivity index (χ0n) is 26.9. The molecule has 0 unspecified atom stereocenters. The molecule has 0 atom stereocenters. The number of pyridine rings is 1. The largest absolute Gasteiger partial charge is 0.341 e. The van der Waals surface area contributed by atoms with Gasteiger partial charge in [-0.25, -0.2) is 0 Å². The highest BCUT2D eigenvalue weighted by Crippen LogP contribution is 2.51. The van der Waals surface area contributed by atoms with Gasteiger partial charge in [0.2, 0.25) is 0 Å². The molecule has 0 bridgehead atoms. The van der Waals surface area contributed by atoms with Gasteiger partial charge >= 0.3 is 0 Å². The normalized spacial score (nSPS) is 15.5. The molecule has 228 valence electrons. The van der Waals surface area contributed by atoms with E-state index in [9.17, 15) is 0 Å². The van der Waals surface area contributed by atoms with E-state index < -0.39 is 0 Å². The Hall–Kier alpha value is -5.41. The van der Waals surface area contributed by atoms with Crippen molar-refractivity contribution in [2.24, 2.45) is 0 Å². The standard InChI is InChI=1S/C44H37N3/c1-44(2)39-26-30(18-23-37(39)38-24-22-35(28-40(38)44)46-25-9-13-31-10-3-6-14-41(31)46)17-19-34-20-21-36(29-45-34)47-42-15-7-4-11-32(42)27-33-12-5-8-16-43(33)47/h3-8,10-12,14-24,26,28-29H,9,13,25,27H2,1-2H3/b19-17+. The minimum absolute atomic E-state index is 0.0826. The smallest absolute Gasteiger partial charge is 0.0645 e. The summed E-state index contributed by atoms with van der Waals surface area (Å²) >= 11 is 0. The van der Waals surface area contributed by atoms with Gasteiger partial charge in [-0.05, 0) is 106 Å². The summed E-state index contributed by atoms with van der Waals surface area (Å²) < 4.78 is 0. The van der Waals surface area contributed by atoms with Crippen molar-refractivity contribution in [1.29, 1.82) is 0 Å². The summed E-state index contributed by atoms with van der Waals surface area (Å²) in [4.78, 5) is 9.73. The van der Waals surface area contributed by atoms with Gasteiger partial charge in [-0.1, -0.05) is 98.8 Å². The van der Waals surface area contributed by atoms with Gasteiger partial charge in [0.15, 0.2) is 0 Å². The van der Waals surface area contributed by atoms with Crippen molar-refractivity contribution in [3.63, 3.8) is 0 Å². The van der Waals surface area contributed by atoms with Gasteiger partial charge in [-0.2, -0.15) is 0 Å². The third-order valence-electron chi connectivity index (χ3n) is 10.4. The molecule has 0 fully saturated rings. The molecule has 1 aliphatic carbocycles. The van der Waals surface area contributed by atoms with Crippen LogP contribution in [0.5, 0.6) is 0 Å². The molecule has 0 spiro atoms. The molecule has 3 aliphatic rings. The number of hydrogen-bond donors (Lipinski definition) is 0. The second kappa shape index (κ2) is 10.8. The highest BCUT2D eigenvalue weighted by Gasteiger charge is 2.36. The van der Waals surface area contributed by atoms with E-state index >= 15 is 0 Å². The Kier molecular flexibility index (Phi) is 6.43. The number of nitrogens with zero attached hydrogens (tertiary/aromatic N) is 3. The van der Waals surface area contributed by atoms with Crippen LogP contribution in [0, 0.1) is 0 Å². The first-order valence-electron chi connectivity index (χ1n) is 16.8. The molecule has 0 saturated heterocycles. The lowest BCUT2D eigenvalue weighted by Crippen LogP contribution is -2.25. The topological polar surface area (TPSA) is 19.4 Å². The van der Waals surface area contributed by atoms with Crippen LogP contribution in [0.2, 0.25) is 0 Å². The molecule has 3 heteroatoms. The summed E-state index contributed by atoms with van der Waals surface area (Å²) in [6.07, 6.45) is 9.62. The minimum Gasteiger partial charge on any atom is -0.341 e. The van der Waals surface area contributed by atoms with E-state index in [-0.39, 0.29) is 5.41 Å². The first-order chi connectivity index (χ1) is 23.0. The Labute approximate surface area is 277 Å². The van der Waals surface area contributed by atoms with Gasteiger partial charge in [0.25, 0.3) is 0 Å². The fraction of sp³-hybridized carbons (Fsp3) is 0.159. The number of hydrogen-bond acceptors (Lipinski definition) is 3. The number of para-hydroxylation sites is 3. The van der Waals surface area contributed by atoms with Gasteiger partial charge in [0, 0.05) is 41.1 Å². The molecule has 9 rings (SSSR count). The third-order valence-corrected chi connectivity index (χ3v) is 10.4. The fourth-order valence-corrected chi connectivity index (χ4v) is 8.00. The average molecular weight is 608 g/mol. The molecule has 1 aromatic heterocycles. The van der Waals surface area contributed by atoms with Crippen LogP contribution in [-0.4, -0.2) is 11.5 Å². The van der Waals surface area contributed by atoms with E-state index in [0.717, 1.165) is 30.8 Å². The van der Waals surface area contributed by atoms with Crippen LogP contribution in [-0.2, 0) is 18.3 Å². The number of fused-ring (bicyclic) bond motifs is 6. The first kappa shape index (κ1) is 27.9. The maximum atomic E-state index is 4.89. The zero-order chi connectivity index (χ0) is 31.5. The van der Waals surface area contributed by atoms with Crippen molar-refractivity contribution < 1.29 is 0 Å². The minimum atomic E-state index is -0.0826. The molecule has 6 aromatic rings. The molecule has 0 amide bonds. The number of rotatable bonds is 4. The molecule has 3 heterocycles. The summed E-state index contributed by atoms with van der Waals surface area (Å²) in [5.74, 6) is 0. The summed E-state index contributed by atoms with van der Waals surface area (Å²) in [5, 5.41) is 0. The van der Waals surface area contributed by atoms with E-state index in [1.165, 1.54) is 73.7 Å². The predicted octanol–water partition coefficient (Wildman–Crippen LogP) is 11.0. The van der Waals surface area contributed by atoms with Crippen molar-refractivity contribution in [3.8, 4) is 11.1 Å². The van der Waals surface area contributed by atoms with Crippen molar-refractivity contribution >= 4 is 40.6 Å². The van der Waals surface area contributed by atoms with Gasteiger partial charge in [0.05, 0.1) is 17.6 Å². The van der Waals surface area contributed by atoms with Crippen LogP contribution in [0.1, 0.15) is 59.3 Å². The quantitative estimate of drug-likeness (QED) is 0.198. The van der Waals surface area contributed by atoms with Crippen molar-refractivity contribution in [3.05, 3.63) is 167 Å². The SMILES string of the molecule is CC1(C)c2cc(/C=C/c3ccc(N4c5ccccc5Cc5ccccc54)cn3)ccc2-c2ccc(N3CCCc4ccccc43)cc21. The number of aryl methyl sites for hydroxylation is 1. The maximum Gasteiger partial charge on any atom is 0.0645 e. The molecule has 2 aliphatic heterocycles. The second-order valence-electron chi connectivity index (χ2n) is 13.6. The number of aromatic nitrogens is 1. The molecule has 5 aromatic carbocycles. The number of anilines is 5. The lowest BCUT2D eigenvalue weighted by Gasteiger charge is -2.33. The first-order valence-corrected chi connectivity index (χ1v) is 16.8. The van der Waals surface area contributed by atoms with Gasteiger partial charge in [-0.15, -0.1) is 0 Å². The summed E-state index contributed by atoms with van der Waals surface area (Å²) in [5.41, 5.74) is 17.9. The van der Waals surface area contributed by atoms with Gasteiger partial charge in [-0.3, -0.25) is 4.98 Å². The highest BCUT2D eigenvalue weighted by atomic mass is 15.2. The molecular weight excluding hydrogens is 571 g/mol. The zero-order valence-corrected chi connectivity index (χ0v) is 26.9. The van der Waals surface area contributed by atoms with Gasteiger partial charge < -0.3 is 9.80 Å². The summed E-state index contributed by atoms with van der Waals surface area (Å²) in [6.45, 7) is 5.80. The predicted molar refractivity (Wildman–Crippen MR) is 196 cm³/mol. The van der Waals surface area contributed by atoms with Crippen LogP contribution in [0.3, 0.4) is 0 Å². The lowest BCUT2D eigenvalue weighted by molar-refractivity contribution is 0.659. The Morgan fingerprint density at radius 1 is 0.617 bits per heavy atom. The van der Waals surface area contributed by atoms with Crippen LogP contribution in [0.25, 0.3) is 23.3 Å². The van der Waals surface area contributed by atoms with E-state index in [2.05, 4.69) is 157 Å². The van der Waals surface area contributed by atoms with E-state index in [0.29, 0.717) is 0 Å². The average Bonchev–Trinajstić information content (AvgIpc) is 3.34. The Morgan fingerprint density at radius 2 is 1.26 bits per heavy atom. The fourth-order valence-electron chi connectivity index (χ4n) is 8.00. The molecule has 0 N–H and O–H groups in total. The van der Waals surface area contributed by atoms with Crippen LogP contribution in [0.15, 0.2) is 128 Å². The third kappa shape index (κ3) is 4.60. The van der Waals surface area contributed by atoms with E-state index in [4.69, 9.17) is 4.98 Å². The monoisotopic (exact) mass is 607 g/mol. The molecule has 47 heavy (non-hydrogen) atoms. The van der Waals surface area contributed by atoms with Crippen LogP contribution >= 0.6 is 0 Å². The Bertz CT molecular complexity index is 2140. The maximum absolute atomic E-state index is 4.89. The van der Waals surface area contributed by atoms with Crippen LogP contribution < -0.4 is 9.80 Å². The summed E-state index contributed by atoms with van der Waals surface area (Å²) in [6, 6.07) is 44.6. The van der Waals surface area contributed by atoms with E-state index in [1.54, 1.807) is 0 Å². The number of benzene rings is 5. The lowest BCUT2D eigenvalue weighted by atomic mass is 9.81. The highest BCUT2D eigenvalue weighted by molar-refractivity contribution is 5.86. The molecule has 0 saturated carbocycles. The Morgan fingerprint density at radius 3 is 1.98 bits per heavy atom. The molecular formula is C44H37N3. The summed E-state index contributed by atoms with van der Waals surface area (Å²) in [7, 11) is 0. The van der Waals surface area contributed by atoms with Crippen molar-refractivity contribution in [1.82, 2.24) is 4.98 Å². The van der Waals surface area contributed by atoms with Crippen molar-refractivity contribution in [2.45, 2.75) is 38.5 Å². The molecule has 0 radical (unpaired) electrons.